The summed E-state index contributed by atoms with van der Waals surface area (Å²) in [4.78, 5) is 13.2. The van der Waals surface area contributed by atoms with E-state index in [1.807, 2.05) is 0 Å². The summed E-state index contributed by atoms with van der Waals surface area (Å²) in [6, 6.07) is 0. The van der Waals surface area contributed by atoms with Crippen LogP contribution in [0, 0.1) is 41.4 Å². The van der Waals surface area contributed by atoms with Crippen LogP contribution >= 0.6 is 0 Å². The number of ether oxygens (including phenoxy) is 1. The summed E-state index contributed by atoms with van der Waals surface area (Å²) in [5.74, 6) is 4.41. The number of hydrogen-bond donors (Lipinski definition) is 0. The Kier molecular flexibility index (Phi) is 2.69. The van der Waals surface area contributed by atoms with E-state index >= 15 is 0 Å². The van der Waals surface area contributed by atoms with Gasteiger partial charge in [0.1, 0.15) is 5.60 Å². The fourth-order valence-electron chi connectivity index (χ4n) is 7.81. The molecule has 6 bridgehead atoms. The van der Waals surface area contributed by atoms with Gasteiger partial charge in [0.2, 0.25) is 0 Å². The highest BCUT2D eigenvalue weighted by Crippen LogP contribution is 2.64. The normalized spacial score (nSPS) is 52.6. The standard InChI is InChI=1S/C22H28O2/c1-2-22(11-12-3-6-16(22)7-12)24-21(23)18-10-15-9-17(18)20-14-5-4-13(8-14)19(15)20/h4-5,12-18H,2-3,6-11H2,1H3. The Morgan fingerprint density at radius 2 is 1.96 bits per heavy atom. The van der Waals surface area contributed by atoms with Crippen LogP contribution in [0.25, 0.3) is 0 Å². The maximum Gasteiger partial charge on any atom is 0.310 e. The zero-order valence-corrected chi connectivity index (χ0v) is 14.7. The van der Waals surface area contributed by atoms with Gasteiger partial charge in [-0.15, -0.1) is 0 Å². The lowest BCUT2D eigenvalue weighted by molar-refractivity contribution is -0.172. The topological polar surface area (TPSA) is 26.3 Å². The molecule has 0 aromatic heterocycles. The van der Waals surface area contributed by atoms with Crippen LogP contribution in [0.5, 0.6) is 0 Å². The first kappa shape index (κ1) is 14.2. The van der Waals surface area contributed by atoms with Crippen LogP contribution in [0.3, 0.4) is 0 Å². The van der Waals surface area contributed by atoms with E-state index in [-0.39, 0.29) is 17.5 Å². The molecule has 3 saturated carbocycles. The fourth-order valence-corrected chi connectivity index (χ4v) is 7.81. The fraction of sp³-hybridized carbons (Fsp3) is 0.773. The number of hydrogen-bond acceptors (Lipinski definition) is 2. The number of carbonyl (C=O) groups is 1. The van der Waals surface area contributed by atoms with E-state index in [2.05, 4.69) is 19.1 Å². The molecule has 0 saturated heterocycles. The molecule has 0 heterocycles. The molecule has 2 nitrogen and oxygen atoms in total. The average Bonchev–Trinajstić information content (AvgIpc) is 3.41. The van der Waals surface area contributed by atoms with Crippen molar-refractivity contribution in [3.63, 3.8) is 0 Å². The molecule has 0 aromatic rings. The SMILES string of the molecule is CCC1(OC(=O)C2CC3CC2C2=C3C3C=CC2C3)CC2CCC1C2. The van der Waals surface area contributed by atoms with Crippen molar-refractivity contribution in [1.82, 2.24) is 0 Å². The highest BCUT2D eigenvalue weighted by atomic mass is 16.6. The molecule has 0 aliphatic heterocycles. The van der Waals surface area contributed by atoms with Gasteiger partial charge >= 0.3 is 5.97 Å². The molecule has 0 amide bonds. The summed E-state index contributed by atoms with van der Waals surface area (Å²) >= 11 is 0. The van der Waals surface area contributed by atoms with Crippen molar-refractivity contribution in [2.24, 2.45) is 41.4 Å². The number of esters is 1. The molecule has 3 fully saturated rings. The summed E-state index contributed by atoms with van der Waals surface area (Å²) in [6.45, 7) is 2.23. The van der Waals surface area contributed by atoms with Crippen molar-refractivity contribution >= 4 is 5.97 Å². The van der Waals surface area contributed by atoms with Crippen LogP contribution in [-0.2, 0) is 9.53 Å². The van der Waals surface area contributed by atoms with Crippen LogP contribution in [0.15, 0.2) is 23.3 Å². The lowest BCUT2D eigenvalue weighted by Gasteiger charge is -2.38. The lowest BCUT2D eigenvalue weighted by Crippen LogP contribution is -2.42. The maximum atomic E-state index is 13.2. The van der Waals surface area contributed by atoms with Crippen molar-refractivity contribution in [2.45, 2.75) is 63.9 Å². The molecule has 128 valence electrons. The van der Waals surface area contributed by atoms with Crippen LogP contribution in [-0.4, -0.2) is 11.6 Å². The Balaban J connectivity index is 1.24. The minimum atomic E-state index is -0.104. The van der Waals surface area contributed by atoms with Gasteiger partial charge in [0.15, 0.2) is 0 Å². The Bertz CT molecular complexity index is 673. The minimum absolute atomic E-state index is 0.104. The van der Waals surface area contributed by atoms with Gasteiger partial charge < -0.3 is 4.74 Å². The van der Waals surface area contributed by atoms with Gasteiger partial charge in [-0.2, -0.15) is 0 Å². The van der Waals surface area contributed by atoms with Gasteiger partial charge in [0.25, 0.3) is 0 Å². The van der Waals surface area contributed by atoms with Gasteiger partial charge in [0.05, 0.1) is 5.92 Å². The number of carbonyl (C=O) groups excluding carboxylic acids is 1. The molecule has 6 rings (SSSR count). The van der Waals surface area contributed by atoms with E-state index in [9.17, 15) is 4.79 Å². The molecule has 0 radical (unpaired) electrons. The summed E-state index contributed by atoms with van der Waals surface area (Å²) < 4.78 is 6.37. The zero-order chi connectivity index (χ0) is 16.1. The van der Waals surface area contributed by atoms with Gasteiger partial charge in [-0.1, -0.05) is 30.2 Å². The predicted molar refractivity (Wildman–Crippen MR) is 92.0 cm³/mol. The predicted octanol–water partition coefficient (Wildman–Crippen LogP) is 4.66. The van der Waals surface area contributed by atoms with E-state index in [1.165, 1.54) is 32.1 Å². The van der Waals surface area contributed by atoms with Crippen molar-refractivity contribution in [1.29, 1.82) is 0 Å². The molecule has 0 N–H and O–H groups in total. The second kappa shape index (κ2) is 4.56. The molecule has 6 aliphatic rings. The molecular weight excluding hydrogens is 296 g/mol. The van der Waals surface area contributed by atoms with E-state index in [0.29, 0.717) is 23.7 Å². The maximum absolute atomic E-state index is 13.2. The molecule has 6 aliphatic carbocycles. The number of fused-ring (bicyclic) bond motifs is 10. The van der Waals surface area contributed by atoms with Gasteiger partial charge in [-0.3, -0.25) is 4.79 Å². The average molecular weight is 324 g/mol. The monoisotopic (exact) mass is 324 g/mol. The van der Waals surface area contributed by atoms with Crippen molar-refractivity contribution in [2.75, 3.05) is 0 Å². The highest BCUT2D eigenvalue weighted by Gasteiger charge is 2.58. The zero-order valence-electron chi connectivity index (χ0n) is 14.7. The molecule has 0 aromatic carbocycles. The third-order valence-electron chi connectivity index (χ3n) is 8.74. The van der Waals surface area contributed by atoms with Gasteiger partial charge in [-0.05, 0) is 86.9 Å². The van der Waals surface area contributed by atoms with Gasteiger partial charge in [0, 0.05) is 0 Å². The van der Waals surface area contributed by atoms with Crippen molar-refractivity contribution in [3.8, 4) is 0 Å². The van der Waals surface area contributed by atoms with Crippen LogP contribution < -0.4 is 0 Å². The van der Waals surface area contributed by atoms with E-state index in [1.54, 1.807) is 11.1 Å². The first-order valence-corrected chi connectivity index (χ1v) is 10.3. The first-order valence-electron chi connectivity index (χ1n) is 10.3. The Morgan fingerprint density at radius 3 is 2.67 bits per heavy atom. The smallest absolute Gasteiger partial charge is 0.310 e. The molecule has 8 atom stereocenters. The Labute approximate surface area is 144 Å². The van der Waals surface area contributed by atoms with Crippen LogP contribution in [0.2, 0.25) is 0 Å². The molecule has 24 heavy (non-hydrogen) atoms. The molecule has 2 heteroatoms. The van der Waals surface area contributed by atoms with Crippen molar-refractivity contribution < 1.29 is 9.53 Å². The Morgan fingerprint density at radius 1 is 1.12 bits per heavy atom. The quantitative estimate of drug-likeness (QED) is 0.429. The first-order chi connectivity index (χ1) is 11.7. The summed E-state index contributed by atoms with van der Waals surface area (Å²) in [7, 11) is 0. The lowest BCUT2D eigenvalue weighted by atomic mass is 9.78. The van der Waals surface area contributed by atoms with E-state index in [0.717, 1.165) is 31.1 Å². The largest absolute Gasteiger partial charge is 0.459 e. The second-order valence-corrected chi connectivity index (χ2v) is 9.55. The second-order valence-electron chi connectivity index (χ2n) is 9.55. The summed E-state index contributed by atoms with van der Waals surface area (Å²) in [6.07, 6.45) is 14.6. The Hall–Kier alpha value is -1.05. The van der Waals surface area contributed by atoms with Crippen LogP contribution in [0.4, 0.5) is 0 Å². The van der Waals surface area contributed by atoms with Crippen molar-refractivity contribution in [3.05, 3.63) is 23.3 Å². The molecule has 0 spiro atoms. The number of allylic oxidation sites excluding steroid dienone is 4. The van der Waals surface area contributed by atoms with E-state index in [4.69, 9.17) is 4.74 Å². The third kappa shape index (κ3) is 1.61. The minimum Gasteiger partial charge on any atom is -0.459 e. The molecular formula is C22H28O2. The summed E-state index contributed by atoms with van der Waals surface area (Å²) in [5.41, 5.74) is 3.33. The summed E-state index contributed by atoms with van der Waals surface area (Å²) in [5, 5.41) is 0. The molecule has 8 unspecified atom stereocenters. The number of rotatable bonds is 3. The van der Waals surface area contributed by atoms with Crippen LogP contribution in [0.1, 0.15) is 58.3 Å². The third-order valence-corrected chi connectivity index (χ3v) is 8.74. The van der Waals surface area contributed by atoms with E-state index < -0.39 is 0 Å². The van der Waals surface area contributed by atoms with Gasteiger partial charge in [-0.25, -0.2) is 0 Å². The highest BCUT2D eigenvalue weighted by molar-refractivity contribution is 5.76.